The van der Waals surface area contributed by atoms with Crippen LogP contribution in [0.5, 0.6) is 5.75 Å². The second-order valence-electron chi connectivity index (χ2n) is 7.31. The molecule has 8 heteroatoms. The fourth-order valence-electron chi connectivity index (χ4n) is 3.74. The summed E-state index contributed by atoms with van der Waals surface area (Å²) >= 11 is 0. The smallest absolute Gasteiger partial charge is 0.187 e. The number of pyridine rings is 2. The lowest BCUT2D eigenvalue weighted by atomic mass is 10.1. The molecule has 4 heterocycles. The van der Waals surface area contributed by atoms with E-state index in [-0.39, 0.29) is 0 Å². The van der Waals surface area contributed by atoms with E-state index in [9.17, 15) is 9.65 Å². The van der Waals surface area contributed by atoms with Gasteiger partial charge in [-0.05, 0) is 50.2 Å². The summed E-state index contributed by atoms with van der Waals surface area (Å²) in [6, 6.07) is 15.0. The van der Waals surface area contributed by atoms with Crippen molar-refractivity contribution in [1.29, 1.82) is 5.26 Å². The van der Waals surface area contributed by atoms with Gasteiger partial charge in [-0.1, -0.05) is 18.2 Å². The Kier molecular flexibility index (Phi) is 4.73. The number of alkyl halides is 1. The predicted octanol–water partition coefficient (Wildman–Crippen LogP) is 3.29. The number of nitrogens with one attached hydrogen (secondary N) is 1. The molecule has 3 aromatic heterocycles. The van der Waals surface area contributed by atoms with Gasteiger partial charge in [-0.15, -0.1) is 10.2 Å². The van der Waals surface area contributed by atoms with E-state index >= 15 is 0 Å². The van der Waals surface area contributed by atoms with Crippen molar-refractivity contribution in [3.8, 4) is 23.3 Å². The minimum Gasteiger partial charge on any atom is -0.485 e. The van der Waals surface area contributed by atoms with Crippen molar-refractivity contribution in [2.45, 2.75) is 25.1 Å². The largest absolute Gasteiger partial charge is 0.485 e. The number of aromatic nitrogens is 4. The quantitative estimate of drug-likeness (QED) is 0.566. The van der Waals surface area contributed by atoms with E-state index in [1.165, 1.54) is 0 Å². The predicted molar refractivity (Wildman–Crippen MR) is 110 cm³/mol. The molecule has 1 aromatic carbocycles. The summed E-state index contributed by atoms with van der Waals surface area (Å²) < 4.78 is 22.3. The molecule has 1 N–H and O–H groups in total. The fraction of sp³-hybridized carbons (Fsp3) is 0.273. The molecule has 2 atom stereocenters. The number of hydrogen-bond donors (Lipinski definition) is 1. The second-order valence-corrected chi connectivity index (χ2v) is 7.31. The average molecular weight is 402 g/mol. The van der Waals surface area contributed by atoms with Crippen molar-refractivity contribution < 1.29 is 9.13 Å². The molecule has 2 unspecified atom stereocenters. The SMILES string of the molecule is N#Cc1ccc2nnc(-c3ccc4cccc(OC5CCNCCC5F)c4n3)n2c1. The van der Waals surface area contributed by atoms with Gasteiger partial charge in [0, 0.05) is 11.6 Å². The molecule has 1 fully saturated rings. The summed E-state index contributed by atoms with van der Waals surface area (Å²) in [6.45, 7) is 1.38. The minimum absolute atomic E-state index is 0.432. The molecule has 0 bridgehead atoms. The molecule has 0 radical (unpaired) electrons. The minimum atomic E-state index is -1.02. The molecule has 7 nitrogen and oxygen atoms in total. The maximum atomic E-state index is 14.5. The van der Waals surface area contributed by atoms with Gasteiger partial charge in [0.15, 0.2) is 11.5 Å². The molecule has 0 saturated carbocycles. The Morgan fingerprint density at radius 3 is 2.90 bits per heavy atom. The van der Waals surface area contributed by atoms with Crippen LogP contribution in [0.3, 0.4) is 0 Å². The summed E-state index contributed by atoms with van der Waals surface area (Å²) in [7, 11) is 0. The summed E-state index contributed by atoms with van der Waals surface area (Å²) in [6.07, 6.45) is 1.18. The zero-order chi connectivity index (χ0) is 20.5. The standard InChI is InChI=1S/C22H19FN6O/c23-16-8-10-25-11-9-18(16)30-19-3-1-2-15-5-6-17(26-21(15)19)22-28-27-20-7-4-14(12-24)13-29(20)22/h1-7,13,16,18,25H,8-11H2. The number of hydrogen-bond acceptors (Lipinski definition) is 6. The highest BCUT2D eigenvalue weighted by molar-refractivity contribution is 5.86. The second kappa shape index (κ2) is 7.69. The van der Waals surface area contributed by atoms with Crippen LogP contribution in [-0.2, 0) is 0 Å². The molecular formula is C22H19FN6O. The van der Waals surface area contributed by atoms with Gasteiger partial charge in [-0.25, -0.2) is 9.37 Å². The van der Waals surface area contributed by atoms with Gasteiger partial charge >= 0.3 is 0 Å². The van der Waals surface area contributed by atoms with E-state index in [0.29, 0.717) is 53.4 Å². The number of nitriles is 1. The van der Waals surface area contributed by atoms with Gasteiger partial charge in [0.05, 0.1) is 5.56 Å². The maximum absolute atomic E-state index is 14.5. The molecule has 150 valence electrons. The normalized spacial score (nSPS) is 19.5. The third-order valence-corrected chi connectivity index (χ3v) is 5.33. The van der Waals surface area contributed by atoms with E-state index in [2.05, 4.69) is 21.6 Å². The molecule has 4 aromatic rings. The van der Waals surface area contributed by atoms with Gasteiger partial charge in [-0.2, -0.15) is 5.26 Å². The van der Waals surface area contributed by atoms with Crippen molar-refractivity contribution in [3.63, 3.8) is 0 Å². The third kappa shape index (κ3) is 3.33. The summed E-state index contributed by atoms with van der Waals surface area (Å²) in [5.41, 5.74) is 2.37. The first-order valence-corrected chi connectivity index (χ1v) is 9.89. The van der Waals surface area contributed by atoms with Gasteiger partial charge in [-0.3, -0.25) is 4.40 Å². The zero-order valence-electron chi connectivity index (χ0n) is 16.1. The third-order valence-electron chi connectivity index (χ3n) is 5.33. The van der Waals surface area contributed by atoms with Crippen LogP contribution in [0.1, 0.15) is 18.4 Å². The van der Waals surface area contributed by atoms with Crippen molar-refractivity contribution in [1.82, 2.24) is 24.9 Å². The summed E-state index contributed by atoms with van der Waals surface area (Å²) in [5.74, 6) is 1.08. The molecule has 30 heavy (non-hydrogen) atoms. The van der Waals surface area contributed by atoms with Crippen LogP contribution >= 0.6 is 0 Å². The Labute approximate surface area is 172 Å². The highest BCUT2D eigenvalue weighted by Gasteiger charge is 2.25. The molecule has 0 aliphatic carbocycles. The van der Waals surface area contributed by atoms with Crippen LogP contribution in [0.4, 0.5) is 4.39 Å². The maximum Gasteiger partial charge on any atom is 0.187 e. The van der Waals surface area contributed by atoms with Gasteiger partial charge < -0.3 is 10.1 Å². The highest BCUT2D eigenvalue weighted by Crippen LogP contribution is 2.29. The molecule has 1 aliphatic rings. The number of fused-ring (bicyclic) bond motifs is 2. The van der Waals surface area contributed by atoms with Crippen LogP contribution < -0.4 is 10.1 Å². The Balaban J connectivity index is 1.57. The summed E-state index contributed by atoms with van der Waals surface area (Å²) in [5, 5.41) is 21.7. The highest BCUT2D eigenvalue weighted by atomic mass is 19.1. The average Bonchev–Trinajstić information content (AvgIpc) is 3.10. The first-order valence-electron chi connectivity index (χ1n) is 9.89. The van der Waals surface area contributed by atoms with Crippen molar-refractivity contribution >= 4 is 16.6 Å². The van der Waals surface area contributed by atoms with Gasteiger partial charge in [0.2, 0.25) is 0 Å². The molecule has 0 amide bonds. The first kappa shape index (κ1) is 18.5. The fourth-order valence-corrected chi connectivity index (χ4v) is 3.74. The van der Waals surface area contributed by atoms with Gasteiger partial charge in [0.25, 0.3) is 0 Å². The molecule has 1 saturated heterocycles. The van der Waals surface area contributed by atoms with Crippen LogP contribution in [0, 0.1) is 11.3 Å². The van der Waals surface area contributed by atoms with Crippen LogP contribution in [0.15, 0.2) is 48.7 Å². The Morgan fingerprint density at radius 1 is 1.10 bits per heavy atom. The molecule has 0 spiro atoms. The van der Waals surface area contributed by atoms with Crippen molar-refractivity contribution in [2.24, 2.45) is 0 Å². The van der Waals surface area contributed by atoms with E-state index < -0.39 is 12.3 Å². The van der Waals surface area contributed by atoms with Crippen molar-refractivity contribution in [3.05, 3.63) is 54.2 Å². The van der Waals surface area contributed by atoms with Crippen LogP contribution in [0.2, 0.25) is 0 Å². The van der Waals surface area contributed by atoms with Gasteiger partial charge in [0.1, 0.15) is 35.3 Å². The van der Waals surface area contributed by atoms with E-state index in [0.717, 1.165) is 11.9 Å². The van der Waals surface area contributed by atoms with Crippen molar-refractivity contribution in [2.75, 3.05) is 13.1 Å². The lowest BCUT2D eigenvalue weighted by molar-refractivity contribution is 0.0983. The topological polar surface area (TPSA) is 88.1 Å². The lowest BCUT2D eigenvalue weighted by Gasteiger charge is -2.21. The Hall–Kier alpha value is -3.57. The number of benzene rings is 1. The molecule has 5 rings (SSSR count). The van der Waals surface area contributed by atoms with Crippen LogP contribution in [0.25, 0.3) is 28.1 Å². The zero-order valence-corrected chi connectivity index (χ0v) is 16.1. The lowest BCUT2D eigenvalue weighted by Crippen LogP contribution is -2.28. The number of ether oxygens (including phenoxy) is 1. The van der Waals surface area contributed by atoms with E-state index in [1.54, 1.807) is 22.7 Å². The summed E-state index contributed by atoms with van der Waals surface area (Å²) in [4.78, 5) is 4.77. The number of nitrogens with zero attached hydrogens (tertiary/aromatic N) is 5. The van der Waals surface area contributed by atoms with E-state index in [1.807, 2.05) is 30.3 Å². The number of para-hydroxylation sites is 1. The monoisotopic (exact) mass is 402 g/mol. The number of halogens is 1. The van der Waals surface area contributed by atoms with Crippen LogP contribution in [-0.4, -0.2) is 44.9 Å². The molecular weight excluding hydrogens is 383 g/mol. The first-order chi connectivity index (χ1) is 14.7. The Morgan fingerprint density at radius 2 is 2.00 bits per heavy atom. The van der Waals surface area contributed by atoms with E-state index in [4.69, 9.17) is 9.72 Å². The number of rotatable bonds is 3. The Bertz CT molecular complexity index is 1260. The molecule has 1 aliphatic heterocycles.